The summed E-state index contributed by atoms with van der Waals surface area (Å²) < 4.78 is 30.9. The number of para-hydroxylation sites is 1. The molecule has 0 fully saturated rings. The lowest BCUT2D eigenvalue weighted by Gasteiger charge is -2.23. The van der Waals surface area contributed by atoms with E-state index in [1.165, 1.54) is 11.4 Å². The van der Waals surface area contributed by atoms with Crippen LogP contribution in [0.4, 0.5) is 5.69 Å². The highest BCUT2D eigenvalue weighted by Gasteiger charge is 2.18. The van der Waals surface area contributed by atoms with Gasteiger partial charge in [-0.2, -0.15) is 0 Å². The van der Waals surface area contributed by atoms with E-state index < -0.39 is 10.0 Å². The second-order valence-electron chi connectivity index (χ2n) is 6.54. The highest BCUT2D eigenvalue weighted by atomic mass is 32.2. The predicted molar refractivity (Wildman–Crippen MR) is 108 cm³/mol. The van der Waals surface area contributed by atoms with E-state index in [4.69, 9.17) is 4.74 Å². The highest BCUT2D eigenvalue weighted by Crippen LogP contribution is 2.22. The number of hydrogen-bond acceptors (Lipinski definition) is 4. The molecule has 1 amide bonds. The third-order valence-corrected chi connectivity index (χ3v) is 5.39. The Labute approximate surface area is 161 Å². The minimum Gasteiger partial charge on any atom is -0.496 e. The Bertz CT molecular complexity index is 877. The number of rotatable bonds is 8. The van der Waals surface area contributed by atoms with Crippen molar-refractivity contribution in [3.05, 3.63) is 59.7 Å². The van der Waals surface area contributed by atoms with Crippen molar-refractivity contribution in [3.8, 4) is 5.75 Å². The summed E-state index contributed by atoms with van der Waals surface area (Å²) in [6.07, 6.45) is 1.16. The van der Waals surface area contributed by atoms with Crippen LogP contribution in [-0.2, 0) is 10.0 Å². The van der Waals surface area contributed by atoms with Crippen molar-refractivity contribution >= 4 is 21.6 Å². The van der Waals surface area contributed by atoms with Gasteiger partial charge in [-0.05, 0) is 35.7 Å². The van der Waals surface area contributed by atoms with Crippen LogP contribution in [0.15, 0.2) is 48.5 Å². The maximum absolute atomic E-state index is 12.4. The SMILES string of the molecule is COc1ccccc1C(=O)NCCN(c1ccc(C(C)C)cc1)S(C)(=O)=O. The average Bonchev–Trinajstić information content (AvgIpc) is 2.64. The zero-order valence-corrected chi connectivity index (χ0v) is 16.9. The van der Waals surface area contributed by atoms with Crippen LogP contribution in [0.5, 0.6) is 5.75 Å². The van der Waals surface area contributed by atoms with E-state index >= 15 is 0 Å². The Hall–Kier alpha value is -2.54. The molecular formula is C20H26N2O4S. The summed E-state index contributed by atoms with van der Waals surface area (Å²) in [6.45, 7) is 4.48. The lowest BCUT2D eigenvalue weighted by atomic mass is 10.0. The molecule has 0 bridgehead atoms. The van der Waals surface area contributed by atoms with Gasteiger partial charge in [0.05, 0.1) is 31.2 Å². The number of anilines is 1. The molecule has 27 heavy (non-hydrogen) atoms. The third-order valence-electron chi connectivity index (χ3n) is 4.20. The number of sulfonamides is 1. The number of carbonyl (C=O) groups is 1. The van der Waals surface area contributed by atoms with E-state index in [-0.39, 0.29) is 19.0 Å². The summed E-state index contributed by atoms with van der Waals surface area (Å²) in [7, 11) is -1.97. The Morgan fingerprint density at radius 3 is 2.30 bits per heavy atom. The standard InChI is InChI=1S/C20H26N2O4S/c1-15(2)16-9-11-17(12-10-16)22(27(4,24)25)14-13-21-20(23)18-7-5-6-8-19(18)26-3/h5-12,15H,13-14H2,1-4H3,(H,21,23). The van der Waals surface area contributed by atoms with Crippen LogP contribution in [-0.4, -0.2) is 40.8 Å². The quantitative estimate of drug-likeness (QED) is 0.752. The highest BCUT2D eigenvalue weighted by molar-refractivity contribution is 7.92. The topological polar surface area (TPSA) is 75.7 Å². The van der Waals surface area contributed by atoms with Crippen molar-refractivity contribution in [3.63, 3.8) is 0 Å². The second-order valence-corrected chi connectivity index (χ2v) is 8.44. The van der Waals surface area contributed by atoms with Gasteiger partial charge in [0.15, 0.2) is 0 Å². The van der Waals surface area contributed by atoms with Crippen LogP contribution in [0.25, 0.3) is 0 Å². The summed E-state index contributed by atoms with van der Waals surface area (Å²) in [5, 5.41) is 2.75. The van der Waals surface area contributed by atoms with E-state index in [2.05, 4.69) is 19.2 Å². The number of hydrogen-bond donors (Lipinski definition) is 1. The van der Waals surface area contributed by atoms with E-state index in [9.17, 15) is 13.2 Å². The molecule has 0 atom stereocenters. The number of methoxy groups -OCH3 is 1. The minimum atomic E-state index is -3.47. The molecule has 1 N–H and O–H groups in total. The molecule has 0 saturated heterocycles. The Kier molecular flexibility index (Phi) is 6.85. The molecule has 0 aliphatic rings. The van der Waals surface area contributed by atoms with E-state index in [0.717, 1.165) is 11.8 Å². The number of ether oxygens (including phenoxy) is 1. The Balaban J connectivity index is 2.08. The molecule has 2 aromatic rings. The normalized spacial score (nSPS) is 11.3. The molecule has 0 aromatic heterocycles. The van der Waals surface area contributed by atoms with Crippen LogP contribution in [0, 0.1) is 0 Å². The van der Waals surface area contributed by atoms with Gasteiger partial charge in [0.1, 0.15) is 5.75 Å². The zero-order chi connectivity index (χ0) is 20.0. The maximum atomic E-state index is 12.4. The molecule has 2 aromatic carbocycles. The first-order chi connectivity index (χ1) is 12.7. The monoisotopic (exact) mass is 390 g/mol. The van der Waals surface area contributed by atoms with Gasteiger partial charge in [0, 0.05) is 6.54 Å². The summed E-state index contributed by atoms with van der Waals surface area (Å²) >= 11 is 0. The van der Waals surface area contributed by atoms with Crippen LogP contribution in [0.2, 0.25) is 0 Å². The third kappa shape index (κ3) is 5.47. The average molecular weight is 391 g/mol. The summed E-state index contributed by atoms with van der Waals surface area (Å²) in [5.74, 6) is 0.529. The molecule has 0 heterocycles. The molecule has 0 radical (unpaired) electrons. The number of nitrogens with zero attached hydrogens (tertiary/aromatic N) is 1. The van der Waals surface area contributed by atoms with Crippen LogP contribution < -0.4 is 14.4 Å². The molecule has 146 valence electrons. The van der Waals surface area contributed by atoms with Gasteiger partial charge in [-0.25, -0.2) is 8.42 Å². The molecule has 0 aliphatic heterocycles. The van der Waals surface area contributed by atoms with E-state index in [1.807, 2.05) is 12.1 Å². The first-order valence-corrected chi connectivity index (χ1v) is 10.6. The molecular weight excluding hydrogens is 364 g/mol. The lowest BCUT2D eigenvalue weighted by Crippen LogP contribution is -2.38. The predicted octanol–water partition coefficient (Wildman–Crippen LogP) is 3.01. The zero-order valence-electron chi connectivity index (χ0n) is 16.1. The molecule has 0 spiro atoms. The molecule has 0 unspecified atom stereocenters. The smallest absolute Gasteiger partial charge is 0.255 e. The molecule has 0 saturated carbocycles. The second kappa shape index (κ2) is 8.90. The van der Waals surface area contributed by atoms with Crippen LogP contribution in [0.1, 0.15) is 35.7 Å². The largest absolute Gasteiger partial charge is 0.496 e. The van der Waals surface area contributed by atoms with Crippen molar-refractivity contribution in [2.45, 2.75) is 19.8 Å². The molecule has 6 nitrogen and oxygen atoms in total. The number of nitrogens with one attached hydrogen (secondary N) is 1. The van der Waals surface area contributed by atoms with Gasteiger partial charge in [-0.3, -0.25) is 9.10 Å². The van der Waals surface area contributed by atoms with Gasteiger partial charge in [0.2, 0.25) is 10.0 Å². The van der Waals surface area contributed by atoms with Crippen molar-refractivity contribution in [2.24, 2.45) is 0 Å². The van der Waals surface area contributed by atoms with Crippen molar-refractivity contribution in [1.29, 1.82) is 0 Å². The fourth-order valence-corrected chi connectivity index (χ4v) is 3.64. The molecule has 2 rings (SSSR count). The van der Waals surface area contributed by atoms with Crippen molar-refractivity contribution in [2.75, 3.05) is 30.8 Å². The molecule has 0 aliphatic carbocycles. The number of carbonyl (C=O) groups excluding carboxylic acids is 1. The van der Waals surface area contributed by atoms with Crippen molar-refractivity contribution < 1.29 is 17.9 Å². The maximum Gasteiger partial charge on any atom is 0.255 e. The molecule has 7 heteroatoms. The Morgan fingerprint density at radius 1 is 1.11 bits per heavy atom. The Morgan fingerprint density at radius 2 is 1.74 bits per heavy atom. The van der Waals surface area contributed by atoms with Gasteiger partial charge >= 0.3 is 0 Å². The fraction of sp³-hybridized carbons (Fsp3) is 0.350. The first-order valence-electron chi connectivity index (χ1n) is 8.73. The number of amides is 1. The first kappa shape index (κ1) is 20.8. The summed E-state index contributed by atoms with van der Waals surface area (Å²) in [4.78, 5) is 12.4. The van der Waals surface area contributed by atoms with Crippen LogP contribution >= 0.6 is 0 Å². The number of benzene rings is 2. The summed E-state index contributed by atoms with van der Waals surface area (Å²) in [5.41, 5.74) is 2.12. The van der Waals surface area contributed by atoms with Crippen molar-refractivity contribution in [1.82, 2.24) is 5.32 Å². The lowest BCUT2D eigenvalue weighted by molar-refractivity contribution is 0.0952. The van der Waals surface area contributed by atoms with Gasteiger partial charge in [0.25, 0.3) is 5.91 Å². The van der Waals surface area contributed by atoms with Gasteiger partial charge < -0.3 is 10.1 Å². The van der Waals surface area contributed by atoms with E-state index in [0.29, 0.717) is 22.9 Å². The fourth-order valence-electron chi connectivity index (χ4n) is 2.71. The van der Waals surface area contributed by atoms with E-state index in [1.54, 1.807) is 36.4 Å². The summed E-state index contributed by atoms with van der Waals surface area (Å²) in [6, 6.07) is 14.3. The van der Waals surface area contributed by atoms with Crippen LogP contribution in [0.3, 0.4) is 0 Å². The van der Waals surface area contributed by atoms with Gasteiger partial charge in [-0.1, -0.05) is 38.1 Å². The van der Waals surface area contributed by atoms with Gasteiger partial charge in [-0.15, -0.1) is 0 Å². The minimum absolute atomic E-state index is 0.140.